The lowest BCUT2D eigenvalue weighted by Gasteiger charge is -2.40. The molecular formula is C18H27N3S. The van der Waals surface area contributed by atoms with Crippen molar-refractivity contribution < 1.29 is 0 Å². The van der Waals surface area contributed by atoms with Crippen LogP contribution in [0.3, 0.4) is 0 Å². The molecule has 2 unspecified atom stereocenters. The van der Waals surface area contributed by atoms with Gasteiger partial charge in [0, 0.05) is 25.0 Å². The van der Waals surface area contributed by atoms with Gasteiger partial charge in [-0.15, -0.1) is 11.3 Å². The Labute approximate surface area is 137 Å². The Bertz CT molecular complexity index is 574. The second-order valence-corrected chi connectivity index (χ2v) is 7.88. The molecule has 0 spiro atoms. The Morgan fingerprint density at radius 2 is 2.14 bits per heavy atom. The molecule has 0 bridgehead atoms. The van der Waals surface area contributed by atoms with Gasteiger partial charge in [-0.05, 0) is 37.4 Å². The number of nitrogens with two attached hydrogens (primary N) is 1. The van der Waals surface area contributed by atoms with E-state index in [0.29, 0.717) is 24.4 Å². The third kappa shape index (κ3) is 3.34. The van der Waals surface area contributed by atoms with Gasteiger partial charge in [0.25, 0.3) is 0 Å². The number of piperidine rings is 1. The first-order valence-electron chi connectivity index (χ1n) is 8.48. The lowest BCUT2D eigenvalue weighted by Crippen LogP contribution is -2.46. The molecule has 1 aliphatic heterocycles. The van der Waals surface area contributed by atoms with Crippen LogP contribution in [0.1, 0.15) is 44.0 Å². The summed E-state index contributed by atoms with van der Waals surface area (Å²) in [5.41, 5.74) is 7.31. The minimum atomic E-state index is 0.372. The minimum Gasteiger partial charge on any atom is -0.330 e. The summed E-state index contributed by atoms with van der Waals surface area (Å²) in [7, 11) is 0. The van der Waals surface area contributed by atoms with E-state index in [4.69, 9.17) is 10.7 Å². The number of hydrogen-bond acceptors (Lipinski definition) is 4. The van der Waals surface area contributed by atoms with Gasteiger partial charge in [0.1, 0.15) is 0 Å². The summed E-state index contributed by atoms with van der Waals surface area (Å²) in [5, 5.41) is 1.23. The van der Waals surface area contributed by atoms with Gasteiger partial charge < -0.3 is 5.73 Å². The Morgan fingerprint density at radius 1 is 1.32 bits per heavy atom. The van der Waals surface area contributed by atoms with Gasteiger partial charge in [0.05, 0.1) is 15.2 Å². The van der Waals surface area contributed by atoms with Crippen molar-refractivity contribution in [3.63, 3.8) is 0 Å². The second kappa shape index (κ2) is 7.07. The van der Waals surface area contributed by atoms with Crippen LogP contribution in [0.25, 0.3) is 10.2 Å². The third-order valence-corrected chi connectivity index (χ3v) is 5.78. The predicted octanol–water partition coefficient (Wildman–Crippen LogP) is 3.85. The molecular weight excluding hydrogens is 290 g/mol. The number of nitrogens with zero attached hydrogens (tertiary/aromatic N) is 2. The summed E-state index contributed by atoms with van der Waals surface area (Å²) in [6.07, 6.45) is 3.89. The summed E-state index contributed by atoms with van der Waals surface area (Å²) in [4.78, 5) is 7.55. The van der Waals surface area contributed by atoms with Gasteiger partial charge in [-0.3, -0.25) is 4.90 Å². The molecule has 3 nitrogen and oxygen atoms in total. The molecule has 2 aromatic rings. The van der Waals surface area contributed by atoms with Gasteiger partial charge in [0.2, 0.25) is 0 Å². The molecule has 3 rings (SSSR count). The number of thiazole rings is 1. The lowest BCUT2D eigenvalue weighted by molar-refractivity contribution is 0.112. The van der Waals surface area contributed by atoms with Crippen LogP contribution in [0.15, 0.2) is 24.3 Å². The highest BCUT2D eigenvalue weighted by atomic mass is 32.1. The van der Waals surface area contributed by atoms with Crippen molar-refractivity contribution in [2.75, 3.05) is 19.6 Å². The fourth-order valence-electron chi connectivity index (χ4n) is 3.64. The van der Waals surface area contributed by atoms with E-state index in [9.17, 15) is 0 Å². The number of benzene rings is 1. The molecule has 0 aliphatic carbocycles. The van der Waals surface area contributed by atoms with E-state index in [1.807, 2.05) is 11.3 Å². The van der Waals surface area contributed by atoms with Gasteiger partial charge in [-0.2, -0.15) is 0 Å². The molecule has 1 saturated heterocycles. The van der Waals surface area contributed by atoms with Crippen LogP contribution >= 0.6 is 11.3 Å². The molecule has 0 amide bonds. The van der Waals surface area contributed by atoms with Crippen molar-refractivity contribution in [1.82, 2.24) is 9.88 Å². The van der Waals surface area contributed by atoms with E-state index >= 15 is 0 Å². The summed E-state index contributed by atoms with van der Waals surface area (Å²) in [6.45, 7) is 7.69. The number of likely N-dealkylation sites (tertiary alicyclic amines) is 1. The number of aromatic nitrogens is 1. The fourth-order valence-corrected chi connectivity index (χ4v) is 4.78. The highest BCUT2D eigenvalue weighted by Gasteiger charge is 2.32. The topological polar surface area (TPSA) is 42.1 Å². The molecule has 0 saturated carbocycles. The molecule has 4 heteroatoms. The van der Waals surface area contributed by atoms with Crippen molar-refractivity contribution in [2.45, 2.75) is 45.1 Å². The van der Waals surface area contributed by atoms with Crippen LogP contribution in [0.5, 0.6) is 0 Å². The Kier molecular flexibility index (Phi) is 5.11. The fraction of sp³-hybridized carbons (Fsp3) is 0.611. The molecule has 120 valence electrons. The summed E-state index contributed by atoms with van der Waals surface area (Å²) in [6, 6.07) is 8.98. The van der Waals surface area contributed by atoms with E-state index in [1.165, 1.54) is 42.1 Å². The molecule has 1 aromatic carbocycles. The van der Waals surface area contributed by atoms with Crippen LogP contribution < -0.4 is 5.73 Å². The second-order valence-electron chi connectivity index (χ2n) is 6.81. The molecule has 0 radical (unpaired) electrons. The number of hydrogen-bond donors (Lipinski definition) is 1. The van der Waals surface area contributed by atoms with Crippen molar-refractivity contribution in [3.8, 4) is 0 Å². The first-order valence-corrected chi connectivity index (χ1v) is 9.30. The molecule has 1 fully saturated rings. The highest BCUT2D eigenvalue weighted by Crippen LogP contribution is 2.34. The smallest absolute Gasteiger partial charge is 0.0997 e. The quantitative estimate of drug-likeness (QED) is 0.911. The minimum absolute atomic E-state index is 0.372. The van der Waals surface area contributed by atoms with Crippen LogP contribution in [-0.2, 0) is 0 Å². The number of fused-ring (bicyclic) bond motifs is 1. The first kappa shape index (κ1) is 15.9. The van der Waals surface area contributed by atoms with Gasteiger partial charge in [-0.1, -0.05) is 32.4 Å². The standard InChI is InChI=1S/C18H27N3S/c1-13(2)12-21-10-6-5-8-16(21)14(11-19)18-20-15-7-3-4-9-17(15)22-18/h3-4,7,9,13-14,16H,5-6,8,10-12,19H2,1-2H3. The van der Waals surface area contributed by atoms with Crippen LogP contribution in [0, 0.1) is 5.92 Å². The molecule has 1 aliphatic rings. The maximum atomic E-state index is 6.19. The number of para-hydroxylation sites is 1. The van der Waals surface area contributed by atoms with Crippen LogP contribution in [-0.4, -0.2) is 35.6 Å². The molecule has 22 heavy (non-hydrogen) atoms. The van der Waals surface area contributed by atoms with E-state index in [1.54, 1.807) is 0 Å². The zero-order valence-corrected chi connectivity index (χ0v) is 14.5. The van der Waals surface area contributed by atoms with Crippen LogP contribution in [0.4, 0.5) is 0 Å². The average Bonchev–Trinajstić information content (AvgIpc) is 2.92. The van der Waals surface area contributed by atoms with Crippen molar-refractivity contribution in [2.24, 2.45) is 11.7 Å². The summed E-state index contributed by atoms with van der Waals surface area (Å²) < 4.78 is 1.28. The summed E-state index contributed by atoms with van der Waals surface area (Å²) in [5.74, 6) is 1.07. The maximum Gasteiger partial charge on any atom is 0.0997 e. The monoisotopic (exact) mass is 317 g/mol. The van der Waals surface area contributed by atoms with E-state index in [2.05, 4.69) is 43.0 Å². The Hall–Kier alpha value is -0.970. The molecule has 2 atom stereocenters. The molecule has 2 heterocycles. The Morgan fingerprint density at radius 3 is 2.86 bits per heavy atom. The van der Waals surface area contributed by atoms with E-state index < -0.39 is 0 Å². The van der Waals surface area contributed by atoms with Crippen LogP contribution in [0.2, 0.25) is 0 Å². The van der Waals surface area contributed by atoms with Crippen molar-refractivity contribution >= 4 is 21.6 Å². The van der Waals surface area contributed by atoms with E-state index in [0.717, 1.165) is 5.52 Å². The van der Waals surface area contributed by atoms with Crippen molar-refractivity contribution in [3.05, 3.63) is 29.3 Å². The first-order chi connectivity index (χ1) is 10.7. The lowest BCUT2D eigenvalue weighted by atomic mass is 9.90. The summed E-state index contributed by atoms with van der Waals surface area (Å²) >= 11 is 1.83. The zero-order valence-electron chi connectivity index (χ0n) is 13.7. The SMILES string of the molecule is CC(C)CN1CCCCC1C(CN)c1nc2ccccc2s1. The van der Waals surface area contributed by atoms with Gasteiger partial charge in [0.15, 0.2) is 0 Å². The van der Waals surface area contributed by atoms with Gasteiger partial charge >= 0.3 is 0 Å². The van der Waals surface area contributed by atoms with Crippen molar-refractivity contribution in [1.29, 1.82) is 0 Å². The normalized spacial score (nSPS) is 21.5. The highest BCUT2D eigenvalue weighted by molar-refractivity contribution is 7.18. The molecule has 2 N–H and O–H groups in total. The number of rotatable bonds is 5. The van der Waals surface area contributed by atoms with Gasteiger partial charge in [-0.25, -0.2) is 4.98 Å². The largest absolute Gasteiger partial charge is 0.330 e. The predicted molar refractivity (Wildman–Crippen MR) is 95.5 cm³/mol. The third-order valence-electron chi connectivity index (χ3n) is 4.61. The average molecular weight is 318 g/mol. The van der Waals surface area contributed by atoms with E-state index in [-0.39, 0.29) is 0 Å². The Balaban J connectivity index is 1.87. The zero-order chi connectivity index (χ0) is 15.5. The maximum absolute atomic E-state index is 6.19. The molecule has 1 aromatic heterocycles.